The Bertz CT molecular complexity index is 329. The summed E-state index contributed by atoms with van der Waals surface area (Å²) in [6.07, 6.45) is 7.50. The molecule has 0 aliphatic rings. The number of quaternary nitrogens is 1. The predicted molar refractivity (Wildman–Crippen MR) is 92.3 cm³/mol. The first-order valence-corrected chi connectivity index (χ1v) is 8.44. The average molecular weight is 352 g/mol. The monoisotopic (exact) mass is 351 g/mol. The van der Waals surface area contributed by atoms with Gasteiger partial charge in [0, 0.05) is 18.8 Å². The maximum absolute atomic E-state index is 11.8. The summed E-state index contributed by atoms with van der Waals surface area (Å²) in [7, 11) is 5.81. The Kier molecular flexibility index (Phi) is 14.5. The van der Waals surface area contributed by atoms with Gasteiger partial charge in [0.1, 0.15) is 6.54 Å². The van der Waals surface area contributed by atoms with Gasteiger partial charge < -0.3 is 19.1 Å². The van der Waals surface area contributed by atoms with Gasteiger partial charge in [-0.15, -0.1) is 12.4 Å². The van der Waals surface area contributed by atoms with Gasteiger partial charge in [-0.05, 0) is 6.42 Å². The quantitative estimate of drug-likeness (QED) is 0.290. The Morgan fingerprint density at radius 3 is 2.00 bits per heavy atom. The van der Waals surface area contributed by atoms with Gasteiger partial charge in [0.05, 0.1) is 21.1 Å². The zero-order valence-electron chi connectivity index (χ0n) is 15.1. The summed E-state index contributed by atoms with van der Waals surface area (Å²) < 4.78 is 5.85. The highest BCUT2D eigenvalue weighted by molar-refractivity contribution is 5.85. The lowest BCUT2D eigenvalue weighted by Gasteiger charge is -2.29. The highest BCUT2D eigenvalue weighted by Crippen LogP contribution is 2.11. The van der Waals surface area contributed by atoms with Crippen molar-refractivity contribution >= 4 is 24.3 Å². The van der Waals surface area contributed by atoms with Crippen LogP contribution < -0.4 is 5.11 Å². The van der Waals surface area contributed by atoms with E-state index in [0.717, 1.165) is 19.3 Å². The topological polar surface area (TPSA) is 66.4 Å². The molecule has 23 heavy (non-hydrogen) atoms. The third-order valence-corrected chi connectivity index (χ3v) is 3.43. The Morgan fingerprint density at radius 1 is 1.00 bits per heavy atom. The summed E-state index contributed by atoms with van der Waals surface area (Å²) in [6, 6.07) is 0. The first-order valence-electron chi connectivity index (χ1n) is 8.44. The Balaban J connectivity index is 0. The number of carbonyl (C=O) groups is 2. The molecule has 0 amide bonds. The van der Waals surface area contributed by atoms with E-state index in [1.54, 1.807) is 0 Å². The fraction of sp³-hybridized carbons (Fsp3) is 0.882. The Morgan fingerprint density at radius 2 is 1.52 bits per heavy atom. The molecule has 0 radical (unpaired) electrons. The zero-order chi connectivity index (χ0) is 17.0. The molecule has 0 aromatic heterocycles. The molecule has 0 N–H and O–H groups in total. The minimum atomic E-state index is -1.18. The molecule has 0 aliphatic heterocycles. The van der Waals surface area contributed by atoms with Crippen molar-refractivity contribution in [2.45, 2.75) is 70.8 Å². The second-order valence-electron chi connectivity index (χ2n) is 7.03. The van der Waals surface area contributed by atoms with E-state index in [1.165, 1.54) is 25.7 Å². The minimum absolute atomic E-state index is 0. The fourth-order valence-corrected chi connectivity index (χ4v) is 2.41. The lowest BCUT2D eigenvalue weighted by Crippen LogP contribution is -2.45. The molecule has 6 heteroatoms. The molecule has 0 fully saturated rings. The Labute approximate surface area is 147 Å². The summed E-state index contributed by atoms with van der Waals surface area (Å²) in [5, 5.41) is 10.8. The molecule has 138 valence electrons. The number of hydrogen-bond acceptors (Lipinski definition) is 4. The summed E-state index contributed by atoms with van der Waals surface area (Å²) >= 11 is 0. The molecule has 1 unspecified atom stereocenters. The van der Waals surface area contributed by atoms with Gasteiger partial charge in [-0.3, -0.25) is 4.79 Å². The number of hydrogen-bond donors (Lipinski definition) is 0. The first-order chi connectivity index (χ1) is 10.2. The number of carboxylic acid groups (broad SMARTS) is 1. The van der Waals surface area contributed by atoms with Crippen LogP contribution in [-0.2, 0) is 14.3 Å². The molecule has 0 saturated heterocycles. The molecule has 0 aliphatic carbocycles. The molecule has 0 rings (SSSR count). The number of likely N-dealkylation sites (N-methyl/N-ethyl adjacent to an activating group) is 1. The van der Waals surface area contributed by atoms with Crippen LogP contribution in [0.4, 0.5) is 0 Å². The van der Waals surface area contributed by atoms with Crippen molar-refractivity contribution < 1.29 is 23.9 Å². The van der Waals surface area contributed by atoms with Crippen LogP contribution in [-0.4, -0.2) is 50.2 Å². The number of esters is 1. The van der Waals surface area contributed by atoms with Crippen molar-refractivity contribution in [3.05, 3.63) is 0 Å². The summed E-state index contributed by atoms with van der Waals surface area (Å²) in [5.74, 6) is -1.48. The van der Waals surface area contributed by atoms with E-state index in [0.29, 0.717) is 17.4 Å². The molecule has 1 atom stereocenters. The molecular weight excluding hydrogens is 318 g/mol. The highest BCUT2D eigenvalue weighted by Gasteiger charge is 2.22. The Hall–Kier alpha value is -0.810. The second-order valence-corrected chi connectivity index (χ2v) is 7.03. The van der Waals surface area contributed by atoms with Crippen molar-refractivity contribution in [1.29, 1.82) is 0 Å². The maximum atomic E-state index is 11.8. The third kappa shape index (κ3) is 17.4. The molecule has 5 nitrogen and oxygen atoms in total. The molecule has 0 aromatic carbocycles. The van der Waals surface area contributed by atoms with Gasteiger partial charge in [0.25, 0.3) is 0 Å². The second kappa shape index (κ2) is 13.6. The molecule has 0 heterocycles. The van der Waals surface area contributed by atoms with Crippen molar-refractivity contribution in [3.63, 3.8) is 0 Å². The van der Waals surface area contributed by atoms with Gasteiger partial charge in [-0.25, -0.2) is 0 Å². The number of halogens is 1. The van der Waals surface area contributed by atoms with Gasteiger partial charge in [0.15, 0.2) is 6.10 Å². The van der Waals surface area contributed by atoms with Gasteiger partial charge in [-0.1, -0.05) is 45.4 Å². The fourth-order valence-electron chi connectivity index (χ4n) is 2.41. The number of nitrogens with zero attached hydrogens (tertiary/aromatic N) is 1. The number of unbranched alkanes of at least 4 members (excludes halogenated alkanes) is 6. The standard InChI is InChI=1S/C17H33NO4.ClH/c1-5-6-7-8-9-10-11-12-17(21)22-15(13-16(19)20)14-18(2,3)4;/h15H,5-14H2,1-4H3;1H. The average Bonchev–Trinajstić information content (AvgIpc) is 2.34. The van der Waals surface area contributed by atoms with Crippen LogP contribution in [0, 0.1) is 0 Å². The van der Waals surface area contributed by atoms with E-state index < -0.39 is 12.1 Å². The van der Waals surface area contributed by atoms with Gasteiger partial charge in [0.2, 0.25) is 0 Å². The SMILES string of the molecule is CCCCCCCCCC(=O)OC(CC(=O)[O-])C[N+](C)(C)C.Cl. The van der Waals surface area contributed by atoms with Gasteiger partial charge in [-0.2, -0.15) is 0 Å². The number of aliphatic carboxylic acids is 1. The number of rotatable bonds is 13. The van der Waals surface area contributed by atoms with Crippen LogP contribution in [0.2, 0.25) is 0 Å². The van der Waals surface area contributed by atoms with E-state index in [1.807, 2.05) is 21.1 Å². The number of ether oxygens (including phenoxy) is 1. The van der Waals surface area contributed by atoms with Crippen LogP contribution in [0.3, 0.4) is 0 Å². The summed E-state index contributed by atoms with van der Waals surface area (Å²) in [6.45, 7) is 2.66. The smallest absolute Gasteiger partial charge is 0.306 e. The molecule has 0 aromatic rings. The molecular formula is C17H34ClNO4. The van der Waals surface area contributed by atoms with E-state index in [9.17, 15) is 14.7 Å². The predicted octanol–water partition coefficient (Wildman–Crippen LogP) is 2.31. The van der Waals surface area contributed by atoms with Crippen molar-refractivity contribution in [3.8, 4) is 0 Å². The van der Waals surface area contributed by atoms with Crippen molar-refractivity contribution in [2.75, 3.05) is 27.7 Å². The highest BCUT2D eigenvalue weighted by atomic mass is 35.5. The van der Waals surface area contributed by atoms with Crippen LogP contribution in [0.5, 0.6) is 0 Å². The van der Waals surface area contributed by atoms with E-state index in [-0.39, 0.29) is 24.8 Å². The molecule has 0 spiro atoms. The normalized spacial score (nSPS) is 12.3. The lowest BCUT2D eigenvalue weighted by atomic mass is 10.1. The van der Waals surface area contributed by atoms with Crippen molar-refractivity contribution in [2.24, 2.45) is 0 Å². The van der Waals surface area contributed by atoms with Crippen LogP contribution in [0.1, 0.15) is 64.7 Å². The lowest BCUT2D eigenvalue weighted by molar-refractivity contribution is -0.873. The largest absolute Gasteiger partial charge is 0.550 e. The first kappa shape index (κ1) is 24.4. The van der Waals surface area contributed by atoms with E-state index in [2.05, 4.69) is 6.92 Å². The summed E-state index contributed by atoms with van der Waals surface area (Å²) in [5.41, 5.74) is 0. The van der Waals surface area contributed by atoms with Gasteiger partial charge >= 0.3 is 5.97 Å². The van der Waals surface area contributed by atoms with E-state index >= 15 is 0 Å². The maximum Gasteiger partial charge on any atom is 0.306 e. The molecule has 0 bridgehead atoms. The number of carboxylic acids is 1. The summed E-state index contributed by atoms with van der Waals surface area (Å²) in [4.78, 5) is 22.6. The molecule has 0 saturated carbocycles. The van der Waals surface area contributed by atoms with Crippen LogP contribution in [0.15, 0.2) is 0 Å². The minimum Gasteiger partial charge on any atom is -0.550 e. The van der Waals surface area contributed by atoms with E-state index in [4.69, 9.17) is 4.74 Å². The number of carbonyl (C=O) groups excluding carboxylic acids is 2. The zero-order valence-corrected chi connectivity index (χ0v) is 16.0. The van der Waals surface area contributed by atoms with Crippen molar-refractivity contribution in [1.82, 2.24) is 0 Å². The van der Waals surface area contributed by atoms with Crippen LogP contribution in [0.25, 0.3) is 0 Å². The third-order valence-electron chi connectivity index (χ3n) is 3.43. The van der Waals surface area contributed by atoms with Crippen LogP contribution >= 0.6 is 12.4 Å².